The lowest BCUT2D eigenvalue weighted by Gasteiger charge is -2.16. The molecule has 0 aliphatic carbocycles. The highest BCUT2D eigenvalue weighted by Crippen LogP contribution is 2.17. The standard InChI is InChI=1S/C14H21N5/c1-16-8-5-9-19(2)10-13-17-12-7-4-3-6-11(12)14(15)18-13/h3-4,6-7,16H,5,8-10H2,1-2H3,(H2,15,17,18). The zero-order chi connectivity index (χ0) is 13.7. The first-order valence-corrected chi connectivity index (χ1v) is 6.55. The number of aromatic nitrogens is 2. The number of nitrogens with two attached hydrogens (primary N) is 1. The maximum atomic E-state index is 5.97. The Bertz CT molecular complexity index is 540. The summed E-state index contributed by atoms with van der Waals surface area (Å²) in [6.45, 7) is 2.75. The summed E-state index contributed by atoms with van der Waals surface area (Å²) < 4.78 is 0. The molecule has 0 atom stereocenters. The first kappa shape index (κ1) is 13.7. The van der Waals surface area contributed by atoms with Crippen LogP contribution < -0.4 is 11.1 Å². The Kier molecular flexibility index (Phi) is 4.65. The molecule has 5 nitrogen and oxygen atoms in total. The van der Waals surface area contributed by atoms with Gasteiger partial charge in [-0.3, -0.25) is 4.90 Å². The van der Waals surface area contributed by atoms with Gasteiger partial charge in [-0.05, 0) is 45.7 Å². The number of para-hydroxylation sites is 1. The molecule has 2 aromatic rings. The van der Waals surface area contributed by atoms with Crippen LogP contribution in [0.15, 0.2) is 24.3 Å². The monoisotopic (exact) mass is 259 g/mol. The molecule has 1 aromatic heterocycles. The molecule has 0 radical (unpaired) electrons. The molecule has 1 heterocycles. The van der Waals surface area contributed by atoms with E-state index in [0.29, 0.717) is 5.82 Å². The van der Waals surface area contributed by atoms with Crippen LogP contribution in [-0.2, 0) is 6.54 Å². The number of nitrogens with zero attached hydrogens (tertiary/aromatic N) is 3. The number of benzene rings is 1. The fraction of sp³-hybridized carbons (Fsp3) is 0.429. The highest BCUT2D eigenvalue weighted by atomic mass is 15.1. The molecule has 0 unspecified atom stereocenters. The molecule has 0 amide bonds. The third-order valence-corrected chi connectivity index (χ3v) is 3.06. The summed E-state index contributed by atoms with van der Waals surface area (Å²) in [5, 5.41) is 4.06. The minimum atomic E-state index is 0.559. The van der Waals surface area contributed by atoms with Crippen LogP contribution in [0.5, 0.6) is 0 Å². The van der Waals surface area contributed by atoms with Gasteiger partial charge in [0.25, 0.3) is 0 Å². The average molecular weight is 259 g/mol. The Balaban J connectivity index is 2.08. The van der Waals surface area contributed by atoms with Crippen molar-refractivity contribution in [2.75, 3.05) is 32.9 Å². The highest BCUT2D eigenvalue weighted by molar-refractivity contribution is 5.87. The van der Waals surface area contributed by atoms with Crippen LogP contribution in [0.25, 0.3) is 10.9 Å². The van der Waals surface area contributed by atoms with Crippen molar-refractivity contribution in [1.29, 1.82) is 0 Å². The van der Waals surface area contributed by atoms with Crippen molar-refractivity contribution >= 4 is 16.7 Å². The Morgan fingerprint density at radius 1 is 1.26 bits per heavy atom. The van der Waals surface area contributed by atoms with Gasteiger partial charge in [-0.15, -0.1) is 0 Å². The maximum absolute atomic E-state index is 5.97. The number of nitrogens with one attached hydrogen (secondary N) is 1. The van der Waals surface area contributed by atoms with Gasteiger partial charge in [0.1, 0.15) is 11.6 Å². The lowest BCUT2D eigenvalue weighted by molar-refractivity contribution is 0.313. The van der Waals surface area contributed by atoms with E-state index in [9.17, 15) is 0 Å². The predicted octanol–water partition coefficient (Wildman–Crippen LogP) is 1.25. The first-order valence-electron chi connectivity index (χ1n) is 6.55. The topological polar surface area (TPSA) is 67.1 Å². The van der Waals surface area contributed by atoms with Gasteiger partial charge in [0, 0.05) is 5.39 Å². The number of rotatable bonds is 6. The van der Waals surface area contributed by atoms with Crippen molar-refractivity contribution < 1.29 is 0 Å². The quantitative estimate of drug-likeness (QED) is 0.764. The van der Waals surface area contributed by atoms with Crippen molar-refractivity contribution in [3.8, 4) is 0 Å². The number of fused-ring (bicyclic) bond motifs is 1. The lowest BCUT2D eigenvalue weighted by atomic mass is 10.2. The molecule has 0 spiro atoms. The molecule has 0 aliphatic rings. The molecule has 102 valence electrons. The summed E-state index contributed by atoms with van der Waals surface area (Å²) in [4.78, 5) is 11.1. The fourth-order valence-electron chi connectivity index (χ4n) is 2.07. The molecule has 2 rings (SSSR count). The average Bonchev–Trinajstić information content (AvgIpc) is 2.39. The normalized spacial score (nSPS) is 11.3. The molecule has 0 saturated heterocycles. The van der Waals surface area contributed by atoms with Crippen LogP contribution in [0.2, 0.25) is 0 Å². The van der Waals surface area contributed by atoms with Gasteiger partial charge < -0.3 is 11.1 Å². The smallest absolute Gasteiger partial charge is 0.145 e. The van der Waals surface area contributed by atoms with Crippen LogP contribution in [0.3, 0.4) is 0 Å². The van der Waals surface area contributed by atoms with E-state index < -0.39 is 0 Å². The van der Waals surface area contributed by atoms with E-state index in [1.807, 2.05) is 31.3 Å². The predicted molar refractivity (Wildman–Crippen MR) is 78.8 cm³/mol. The van der Waals surface area contributed by atoms with Crippen molar-refractivity contribution in [2.45, 2.75) is 13.0 Å². The van der Waals surface area contributed by atoms with Crippen molar-refractivity contribution in [2.24, 2.45) is 0 Å². The molecule has 1 aromatic carbocycles. The summed E-state index contributed by atoms with van der Waals surface area (Å²) in [5.41, 5.74) is 6.89. The summed E-state index contributed by atoms with van der Waals surface area (Å²) in [5.74, 6) is 1.34. The van der Waals surface area contributed by atoms with Crippen molar-refractivity contribution in [3.05, 3.63) is 30.1 Å². The van der Waals surface area contributed by atoms with E-state index in [4.69, 9.17) is 5.73 Å². The zero-order valence-corrected chi connectivity index (χ0v) is 11.6. The second-order valence-electron chi connectivity index (χ2n) is 4.74. The third-order valence-electron chi connectivity index (χ3n) is 3.06. The van der Waals surface area contributed by atoms with Crippen LogP contribution >= 0.6 is 0 Å². The van der Waals surface area contributed by atoms with E-state index in [1.54, 1.807) is 0 Å². The SMILES string of the molecule is CNCCCN(C)Cc1nc(N)c2ccccc2n1. The number of hydrogen-bond acceptors (Lipinski definition) is 5. The molecule has 0 aliphatic heterocycles. The van der Waals surface area contributed by atoms with Crippen molar-refractivity contribution in [3.63, 3.8) is 0 Å². The van der Waals surface area contributed by atoms with E-state index in [2.05, 4.69) is 27.2 Å². The molecule has 0 bridgehead atoms. The summed E-state index contributed by atoms with van der Waals surface area (Å²) >= 11 is 0. The first-order chi connectivity index (χ1) is 9.20. The molecule has 0 fully saturated rings. The van der Waals surface area contributed by atoms with E-state index >= 15 is 0 Å². The minimum Gasteiger partial charge on any atom is -0.383 e. The fourth-order valence-corrected chi connectivity index (χ4v) is 2.07. The number of hydrogen-bond donors (Lipinski definition) is 2. The Morgan fingerprint density at radius 2 is 2.05 bits per heavy atom. The largest absolute Gasteiger partial charge is 0.383 e. The second kappa shape index (κ2) is 6.45. The van der Waals surface area contributed by atoms with E-state index in [1.165, 1.54) is 0 Å². The molecule has 3 N–H and O–H groups in total. The van der Waals surface area contributed by atoms with Crippen LogP contribution in [0.4, 0.5) is 5.82 Å². The lowest BCUT2D eigenvalue weighted by Crippen LogP contribution is -2.23. The molecular formula is C14H21N5. The zero-order valence-electron chi connectivity index (χ0n) is 11.6. The number of nitrogen functional groups attached to an aromatic ring is 1. The Labute approximate surface area is 113 Å². The van der Waals surface area contributed by atoms with Gasteiger partial charge in [-0.25, -0.2) is 9.97 Å². The maximum Gasteiger partial charge on any atom is 0.145 e. The third kappa shape index (κ3) is 3.62. The van der Waals surface area contributed by atoms with Crippen LogP contribution in [-0.4, -0.2) is 42.1 Å². The van der Waals surface area contributed by atoms with Gasteiger partial charge in [-0.2, -0.15) is 0 Å². The minimum absolute atomic E-state index is 0.559. The van der Waals surface area contributed by atoms with E-state index in [-0.39, 0.29) is 0 Å². The van der Waals surface area contributed by atoms with Crippen LogP contribution in [0, 0.1) is 0 Å². The van der Waals surface area contributed by atoms with E-state index in [0.717, 1.165) is 42.8 Å². The molecule has 19 heavy (non-hydrogen) atoms. The van der Waals surface area contributed by atoms with Gasteiger partial charge in [0.2, 0.25) is 0 Å². The van der Waals surface area contributed by atoms with Gasteiger partial charge in [-0.1, -0.05) is 12.1 Å². The number of anilines is 1. The van der Waals surface area contributed by atoms with Gasteiger partial charge in [0.05, 0.1) is 12.1 Å². The Hall–Kier alpha value is -1.72. The van der Waals surface area contributed by atoms with Crippen molar-refractivity contribution in [1.82, 2.24) is 20.2 Å². The molecular weight excluding hydrogens is 238 g/mol. The molecule has 0 saturated carbocycles. The highest BCUT2D eigenvalue weighted by Gasteiger charge is 2.07. The summed E-state index contributed by atoms with van der Waals surface area (Å²) in [7, 11) is 4.04. The van der Waals surface area contributed by atoms with Gasteiger partial charge in [0.15, 0.2) is 0 Å². The summed E-state index contributed by atoms with van der Waals surface area (Å²) in [6.07, 6.45) is 1.11. The van der Waals surface area contributed by atoms with Gasteiger partial charge >= 0.3 is 0 Å². The Morgan fingerprint density at radius 3 is 2.84 bits per heavy atom. The molecule has 5 heteroatoms. The second-order valence-corrected chi connectivity index (χ2v) is 4.74. The summed E-state index contributed by atoms with van der Waals surface area (Å²) in [6, 6.07) is 7.84. The van der Waals surface area contributed by atoms with Crippen LogP contribution in [0.1, 0.15) is 12.2 Å².